The first-order valence-electron chi connectivity index (χ1n) is 11.6. The second-order valence-electron chi connectivity index (χ2n) is 8.18. The third kappa shape index (κ3) is 9.09. The molecule has 0 amide bonds. The molecule has 0 radical (unpaired) electrons. The van der Waals surface area contributed by atoms with Gasteiger partial charge in [-0.2, -0.15) is 0 Å². The van der Waals surface area contributed by atoms with Gasteiger partial charge >= 0.3 is 0 Å². The standard InChI is InChI=1S/C22H39N5O2.HI/c1-2-23-22(24-12-7-8-17-28-21-9-5-3-4-6-10-21)27-15-13-26(14-16-27)19-20-11-18-29-25-20;/h11,18,21H,2-10,12-17,19H2,1H3,(H,23,24);1H. The van der Waals surface area contributed by atoms with E-state index in [1.165, 1.54) is 38.5 Å². The number of nitrogens with zero attached hydrogens (tertiary/aromatic N) is 4. The first-order valence-corrected chi connectivity index (χ1v) is 11.6. The highest BCUT2D eigenvalue weighted by molar-refractivity contribution is 14.0. The highest BCUT2D eigenvalue weighted by Gasteiger charge is 2.20. The van der Waals surface area contributed by atoms with Crippen molar-refractivity contribution in [1.82, 2.24) is 20.3 Å². The van der Waals surface area contributed by atoms with Crippen molar-refractivity contribution in [3.05, 3.63) is 18.0 Å². The van der Waals surface area contributed by atoms with Crippen LogP contribution in [0.3, 0.4) is 0 Å². The Balaban J connectivity index is 0.00000320. The van der Waals surface area contributed by atoms with E-state index in [0.29, 0.717) is 6.10 Å². The number of nitrogens with one attached hydrogen (secondary N) is 1. The summed E-state index contributed by atoms with van der Waals surface area (Å²) < 4.78 is 11.0. The lowest BCUT2D eigenvalue weighted by atomic mass is 10.1. The van der Waals surface area contributed by atoms with Crippen LogP contribution in [0.15, 0.2) is 21.8 Å². The van der Waals surface area contributed by atoms with E-state index < -0.39 is 0 Å². The van der Waals surface area contributed by atoms with Crippen molar-refractivity contribution < 1.29 is 9.26 Å². The Labute approximate surface area is 199 Å². The van der Waals surface area contributed by atoms with Crippen LogP contribution in [0.4, 0.5) is 0 Å². The number of piperazine rings is 1. The van der Waals surface area contributed by atoms with Gasteiger partial charge in [0.1, 0.15) is 6.26 Å². The maximum absolute atomic E-state index is 6.10. The van der Waals surface area contributed by atoms with Crippen molar-refractivity contribution in [2.45, 2.75) is 70.9 Å². The number of guanidine groups is 1. The molecule has 0 spiro atoms. The minimum absolute atomic E-state index is 0. The van der Waals surface area contributed by atoms with E-state index in [9.17, 15) is 0 Å². The lowest BCUT2D eigenvalue weighted by Crippen LogP contribution is -2.52. The highest BCUT2D eigenvalue weighted by Crippen LogP contribution is 2.20. The molecule has 1 aromatic heterocycles. The molecule has 0 unspecified atom stereocenters. The van der Waals surface area contributed by atoms with Gasteiger partial charge in [0, 0.05) is 58.5 Å². The van der Waals surface area contributed by atoms with E-state index in [1.807, 2.05) is 6.07 Å². The van der Waals surface area contributed by atoms with Crippen LogP contribution in [0.25, 0.3) is 0 Å². The van der Waals surface area contributed by atoms with Crippen LogP contribution in [0.5, 0.6) is 0 Å². The van der Waals surface area contributed by atoms with Crippen LogP contribution in [0, 0.1) is 0 Å². The number of halogens is 1. The largest absolute Gasteiger partial charge is 0.378 e. The van der Waals surface area contributed by atoms with E-state index in [0.717, 1.165) is 76.9 Å². The van der Waals surface area contributed by atoms with E-state index in [-0.39, 0.29) is 24.0 Å². The van der Waals surface area contributed by atoms with Crippen molar-refractivity contribution in [1.29, 1.82) is 0 Å². The maximum Gasteiger partial charge on any atom is 0.194 e. The van der Waals surface area contributed by atoms with Crippen molar-refractivity contribution in [2.75, 3.05) is 45.9 Å². The molecule has 30 heavy (non-hydrogen) atoms. The summed E-state index contributed by atoms with van der Waals surface area (Å²) in [5, 5.41) is 7.48. The predicted octanol–water partition coefficient (Wildman–Crippen LogP) is 3.90. The molecule has 2 aliphatic rings. The SMILES string of the molecule is CCNC(=NCCCCOC1CCCCCC1)N1CCN(Cc2ccon2)CC1.I. The molecule has 1 aromatic rings. The number of hydrogen-bond acceptors (Lipinski definition) is 5. The van der Waals surface area contributed by atoms with Gasteiger partial charge in [0.2, 0.25) is 0 Å². The molecule has 1 saturated heterocycles. The maximum atomic E-state index is 6.10. The minimum atomic E-state index is 0. The Kier molecular flexibility index (Phi) is 12.7. The molecule has 1 saturated carbocycles. The average molecular weight is 533 g/mol. The zero-order chi connectivity index (χ0) is 20.2. The Morgan fingerprint density at radius 3 is 2.60 bits per heavy atom. The molecule has 2 fully saturated rings. The lowest BCUT2D eigenvalue weighted by Gasteiger charge is -2.36. The third-order valence-corrected chi connectivity index (χ3v) is 5.85. The summed E-state index contributed by atoms with van der Waals surface area (Å²) in [6, 6.07) is 1.94. The molecule has 0 aromatic carbocycles. The molecular formula is C22H40IN5O2. The quantitative estimate of drug-likeness (QED) is 0.171. The molecule has 1 N–H and O–H groups in total. The van der Waals surface area contributed by atoms with E-state index >= 15 is 0 Å². The first kappa shape index (κ1) is 25.4. The zero-order valence-electron chi connectivity index (χ0n) is 18.6. The number of hydrogen-bond donors (Lipinski definition) is 1. The minimum Gasteiger partial charge on any atom is -0.378 e. The Morgan fingerprint density at radius 1 is 1.17 bits per heavy atom. The van der Waals surface area contributed by atoms with Gasteiger partial charge in [0.05, 0.1) is 11.8 Å². The normalized spacial score (nSPS) is 19.4. The summed E-state index contributed by atoms with van der Waals surface area (Å²) in [5.74, 6) is 1.05. The number of unbranched alkanes of at least 4 members (excludes halogenated alkanes) is 1. The van der Waals surface area contributed by atoms with Crippen molar-refractivity contribution in [3.8, 4) is 0 Å². The molecular weight excluding hydrogens is 493 g/mol. The number of aromatic nitrogens is 1. The van der Waals surface area contributed by atoms with Crippen LogP contribution in [-0.2, 0) is 11.3 Å². The van der Waals surface area contributed by atoms with E-state index in [4.69, 9.17) is 14.3 Å². The number of rotatable bonds is 9. The van der Waals surface area contributed by atoms with Crippen molar-refractivity contribution in [3.63, 3.8) is 0 Å². The van der Waals surface area contributed by atoms with Gasteiger partial charge in [0.15, 0.2) is 5.96 Å². The van der Waals surface area contributed by atoms with Gasteiger partial charge < -0.3 is 19.5 Å². The molecule has 0 bridgehead atoms. The van der Waals surface area contributed by atoms with Crippen LogP contribution >= 0.6 is 24.0 Å². The average Bonchev–Trinajstić information content (AvgIpc) is 3.11. The molecule has 1 aliphatic heterocycles. The topological polar surface area (TPSA) is 66.1 Å². The lowest BCUT2D eigenvalue weighted by molar-refractivity contribution is 0.0412. The second kappa shape index (κ2) is 15.0. The van der Waals surface area contributed by atoms with Crippen LogP contribution in [0.2, 0.25) is 0 Å². The summed E-state index contributed by atoms with van der Waals surface area (Å²) in [7, 11) is 0. The molecule has 0 atom stereocenters. The smallest absolute Gasteiger partial charge is 0.194 e. The molecule has 172 valence electrons. The predicted molar refractivity (Wildman–Crippen MR) is 131 cm³/mol. The Bertz CT molecular complexity index is 568. The summed E-state index contributed by atoms with van der Waals surface area (Å²) in [5.41, 5.74) is 1.00. The van der Waals surface area contributed by atoms with Gasteiger partial charge in [-0.3, -0.25) is 9.89 Å². The zero-order valence-corrected chi connectivity index (χ0v) is 20.9. The number of ether oxygens (including phenoxy) is 1. The van der Waals surface area contributed by atoms with Crippen LogP contribution in [-0.4, -0.2) is 72.9 Å². The third-order valence-electron chi connectivity index (χ3n) is 5.85. The Morgan fingerprint density at radius 2 is 1.93 bits per heavy atom. The van der Waals surface area contributed by atoms with E-state index in [1.54, 1.807) is 6.26 Å². The fraction of sp³-hybridized carbons (Fsp3) is 0.818. The second-order valence-corrected chi connectivity index (χ2v) is 8.18. The fourth-order valence-electron chi connectivity index (χ4n) is 4.15. The van der Waals surface area contributed by atoms with Gasteiger partial charge in [-0.1, -0.05) is 30.8 Å². The van der Waals surface area contributed by atoms with Gasteiger partial charge in [-0.25, -0.2) is 0 Å². The van der Waals surface area contributed by atoms with Crippen molar-refractivity contribution >= 4 is 29.9 Å². The Hall–Kier alpha value is -0.870. The molecule has 8 heteroatoms. The van der Waals surface area contributed by atoms with E-state index in [2.05, 4.69) is 27.2 Å². The van der Waals surface area contributed by atoms with Gasteiger partial charge in [-0.15, -0.1) is 24.0 Å². The summed E-state index contributed by atoms with van der Waals surface area (Å²) in [6.45, 7) is 9.69. The van der Waals surface area contributed by atoms with Crippen LogP contribution in [0.1, 0.15) is 64.0 Å². The summed E-state index contributed by atoms with van der Waals surface area (Å²) in [4.78, 5) is 9.67. The molecule has 7 nitrogen and oxygen atoms in total. The van der Waals surface area contributed by atoms with Crippen LogP contribution < -0.4 is 5.32 Å². The fourth-order valence-corrected chi connectivity index (χ4v) is 4.15. The van der Waals surface area contributed by atoms with Crippen molar-refractivity contribution in [2.24, 2.45) is 4.99 Å². The summed E-state index contributed by atoms with van der Waals surface area (Å²) in [6.07, 6.45) is 12.3. The van der Waals surface area contributed by atoms with Gasteiger partial charge in [0.25, 0.3) is 0 Å². The monoisotopic (exact) mass is 533 g/mol. The van der Waals surface area contributed by atoms with Gasteiger partial charge in [-0.05, 0) is 32.6 Å². The molecule has 1 aliphatic carbocycles. The summed E-state index contributed by atoms with van der Waals surface area (Å²) >= 11 is 0. The number of aliphatic imine (C=N–C) groups is 1. The molecule has 3 rings (SSSR count). The highest BCUT2D eigenvalue weighted by atomic mass is 127. The first-order chi connectivity index (χ1) is 14.3. The molecule has 2 heterocycles.